The van der Waals surface area contributed by atoms with Gasteiger partial charge in [0.1, 0.15) is 5.69 Å². The molecule has 0 aliphatic rings. The summed E-state index contributed by atoms with van der Waals surface area (Å²) in [6, 6.07) is 24.0. The SMILES string of the molecule is Cc1cccc(-c2nc(-c3cnccn3)[nH]c2-c2ccc3c(c2)n(C)c(=O)n3-c2ccccc2)c1. The van der Waals surface area contributed by atoms with Crippen LogP contribution < -0.4 is 5.69 Å². The molecule has 0 fully saturated rings. The summed E-state index contributed by atoms with van der Waals surface area (Å²) in [6.45, 7) is 2.06. The van der Waals surface area contributed by atoms with E-state index in [1.807, 2.05) is 60.7 Å². The third kappa shape index (κ3) is 3.54. The summed E-state index contributed by atoms with van der Waals surface area (Å²) in [5.41, 5.74) is 7.85. The Labute approximate surface area is 201 Å². The van der Waals surface area contributed by atoms with Gasteiger partial charge in [0.2, 0.25) is 0 Å². The van der Waals surface area contributed by atoms with Crippen molar-refractivity contribution in [3.05, 3.63) is 107 Å². The predicted octanol–water partition coefficient (Wildman–Crippen LogP) is 5.15. The minimum atomic E-state index is -0.0906. The molecular weight excluding hydrogens is 436 g/mol. The van der Waals surface area contributed by atoms with Crippen molar-refractivity contribution in [2.24, 2.45) is 7.05 Å². The highest BCUT2D eigenvalue weighted by molar-refractivity contribution is 5.88. The minimum Gasteiger partial charge on any atom is -0.336 e. The van der Waals surface area contributed by atoms with Gasteiger partial charge < -0.3 is 4.98 Å². The standard InChI is InChI=1S/C28H22N6O/c1-18-7-6-8-19(15-18)25-26(32-27(31-25)22-17-29-13-14-30-22)20-11-12-23-24(16-20)33(2)28(35)34(23)21-9-4-3-5-10-21/h3-17H,1-2H3,(H,31,32). The first kappa shape index (κ1) is 20.8. The lowest BCUT2D eigenvalue weighted by Crippen LogP contribution is -2.20. The molecule has 7 heteroatoms. The molecule has 0 aliphatic carbocycles. The highest BCUT2D eigenvalue weighted by Crippen LogP contribution is 2.34. The number of aryl methyl sites for hydroxylation is 2. The molecule has 3 aromatic carbocycles. The summed E-state index contributed by atoms with van der Waals surface area (Å²) in [6.07, 6.45) is 4.98. The van der Waals surface area contributed by atoms with Crippen LogP contribution in [0.3, 0.4) is 0 Å². The van der Waals surface area contributed by atoms with E-state index >= 15 is 0 Å². The zero-order valence-corrected chi connectivity index (χ0v) is 19.3. The van der Waals surface area contributed by atoms with Gasteiger partial charge in [-0.3, -0.25) is 14.1 Å². The smallest absolute Gasteiger partial charge is 0.333 e. The molecule has 0 bridgehead atoms. The summed E-state index contributed by atoms with van der Waals surface area (Å²) in [5.74, 6) is 0.639. The van der Waals surface area contributed by atoms with Crippen molar-refractivity contribution >= 4 is 11.0 Å². The Hall–Kier alpha value is -4.78. The lowest BCUT2D eigenvalue weighted by Gasteiger charge is -2.06. The van der Waals surface area contributed by atoms with E-state index in [4.69, 9.17) is 4.98 Å². The fourth-order valence-electron chi connectivity index (χ4n) is 4.45. The Morgan fingerprint density at radius 1 is 0.857 bits per heavy atom. The number of rotatable bonds is 4. The Morgan fingerprint density at radius 3 is 2.49 bits per heavy atom. The zero-order valence-electron chi connectivity index (χ0n) is 19.3. The van der Waals surface area contributed by atoms with Crippen molar-refractivity contribution in [1.29, 1.82) is 0 Å². The fraction of sp³-hybridized carbons (Fsp3) is 0.0714. The van der Waals surface area contributed by atoms with Gasteiger partial charge >= 0.3 is 5.69 Å². The second kappa shape index (κ2) is 8.22. The number of aromatic amines is 1. The first-order valence-electron chi connectivity index (χ1n) is 11.3. The van der Waals surface area contributed by atoms with E-state index in [0.29, 0.717) is 11.5 Å². The second-order valence-electron chi connectivity index (χ2n) is 8.49. The lowest BCUT2D eigenvalue weighted by atomic mass is 10.0. The molecule has 0 amide bonds. The van der Waals surface area contributed by atoms with Gasteiger partial charge in [0, 0.05) is 30.6 Å². The Bertz CT molecular complexity index is 1730. The van der Waals surface area contributed by atoms with Gasteiger partial charge in [0.05, 0.1) is 34.3 Å². The van der Waals surface area contributed by atoms with Crippen LogP contribution >= 0.6 is 0 Å². The summed E-state index contributed by atoms with van der Waals surface area (Å²) in [4.78, 5) is 30.1. The molecule has 3 heterocycles. The molecule has 1 N–H and O–H groups in total. The van der Waals surface area contributed by atoms with Crippen molar-refractivity contribution in [3.8, 4) is 39.7 Å². The first-order chi connectivity index (χ1) is 17.1. The lowest BCUT2D eigenvalue weighted by molar-refractivity contribution is 0.846. The fourth-order valence-corrected chi connectivity index (χ4v) is 4.45. The van der Waals surface area contributed by atoms with E-state index in [-0.39, 0.29) is 5.69 Å². The van der Waals surface area contributed by atoms with Gasteiger partial charge in [-0.1, -0.05) is 48.0 Å². The van der Waals surface area contributed by atoms with Crippen molar-refractivity contribution in [2.45, 2.75) is 6.92 Å². The number of benzene rings is 3. The van der Waals surface area contributed by atoms with Gasteiger partial charge in [-0.05, 0) is 37.3 Å². The van der Waals surface area contributed by atoms with Crippen LogP contribution in [0, 0.1) is 6.92 Å². The largest absolute Gasteiger partial charge is 0.336 e. The molecule has 0 aliphatic heterocycles. The summed E-state index contributed by atoms with van der Waals surface area (Å²) < 4.78 is 3.41. The van der Waals surface area contributed by atoms with Gasteiger partial charge in [-0.2, -0.15) is 0 Å². The molecule has 0 saturated heterocycles. The minimum absolute atomic E-state index is 0.0906. The molecule has 0 radical (unpaired) electrons. The number of nitrogens with one attached hydrogen (secondary N) is 1. The second-order valence-corrected chi connectivity index (χ2v) is 8.49. The Morgan fingerprint density at radius 2 is 1.71 bits per heavy atom. The van der Waals surface area contributed by atoms with E-state index in [1.165, 1.54) is 0 Å². The number of aromatic nitrogens is 6. The molecule has 0 saturated carbocycles. The number of para-hydroxylation sites is 1. The zero-order chi connectivity index (χ0) is 23.9. The molecular formula is C28H22N6O. The number of hydrogen-bond donors (Lipinski definition) is 1. The maximum atomic E-state index is 13.1. The molecule has 6 rings (SSSR count). The van der Waals surface area contributed by atoms with Crippen molar-refractivity contribution < 1.29 is 0 Å². The number of H-pyrrole nitrogens is 1. The average Bonchev–Trinajstić information content (AvgIpc) is 3.45. The predicted molar refractivity (Wildman–Crippen MR) is 137 cm³/mol. The van der Waals surface area contributed by atoms with Crippen molar-refractivity contribution in [1.82, 2.24) is 29.1 Å². The Balaban J connectivity index is 1.57. The first-order valence-corrected chi connectivity index (χ1v) is 11.3. The normalized spacial score (nSPS) is 11.3. The van der Waals surface area contributed by atoms with Crippen molar-refractivity contribution in [2.75, 3.05) is 0 Å². The van der Waals surface area contributed by atoms with Crippen LogP contribution in [0.25, 0.3) is 50.8 Å². The van der Waals surface area contributed by atoms with Gasteiger partial charge in [0.15, 0.2) is 5.82 Å². The summed E-state index contributed by atoms with van der Waals surface area (Å²) in [7, 11) is 1.80. The monoisotopic (exact) mass is 458 g/mol. The topological polar surface area (TPSA) is 81.4 Å². The highest BCUT2D eigenvalue weighted by Gasteiger charge is 2.19. The van der Waals surface area contributed by atoms with Gasteiger partial charge in [-0.15, -0.1) is 0 Å². The van der Waals surface area contributed by atoms with Crippen LogP contribution in [0.2, 0.25) is 0 Å². The van der Waals surface area contributed by atoms with E-state index in [1.54, 1.807) is 34.8 Å². The van der Waals surface area contributed by atoms with E-state index in [2.05, 4.69) is 34.0 Å². The van der Waals surface area contributed by atoms with E-state index in [0.717, 1.165) is 44.8 Å². The van der Waals surface area contributed by atoms with Crippen LogP contribution in [0.5, 0.6) is 0 Å². The number of fused-ring (bicyclic) bond motifs is 1. The number of nitrogens with zero attached hydrogens (tertiary/aromatic N) is 5. The third-order valence-electron chi connectivity index (χ3n) is 6.16. The quantitative estimate of drug-likeness (QED) is 0.396. The molecule has 0 unspecified atom stereocenters. The maximum absolute atomic E-state index is 13.1. The molecule has 7 nitrogen and oxygen atoms in total. The summed E-state index contributed by atoms with van der Waals surface area (Å²) >= 11 is 0. The Kier molecular flexibility index (Phi) is 4.88. The van der Waals surface area contributed by atoms with E-state index < -0.39 is 0 Å². The van der Waals surface area contributed by atoms with Crippen LogP contribution in [0.15, 0.2) is 96.2 Å². The van der Waals surface area contributed by atoms with Crippen LogP contribution in [-0.4, -0.2) is 29.1 Å². The molecule has 170 valence electrons. The van der Waals surface area contributed by atoms with Gasteiger partial charge in [0.25, 0.3) is 0 Å². The van der Waals surface area contributed by atoms with Gasteiger partial charge in [-0.25, -0.2) is 14.8 Å². The van der Waals surface area contributed by atoms with Crippen LogP contribution in [0.4, 0.5) is 0 Å². The van der Waals surface area contributed by atoms with Crippen LogP contribution in [0.1, 0.15) is 5.56 Å². The molecule has 0 spiro atoms. The molecule has 6 aromatic rings. The maximum Gasteiger partial charge on any atom is 0.333 e. The highest BCUT2D eigenvalue weighted by atomic mass is 16.1. The number of hydrogen-bond acceptors (Lipinski definition) is 4. The summed E-state index contributed by atoms with van der Waals surface area (Å²) in [5, 5.41) is 0. The molecule has 3 aromatic heterocycles. The molecule has 35 heavy (non-hydrogen) atoms. The molecule has 0 atom stereocenters. The van der Waals surface area contributed by atoms with E-state index in [9.17, 15) is 4.79 Å². The third-order valence-corrected chi connectivity index (χ3v) is 6.16. The van der Waals surface area contributed by atoms with Crippen LogP contribution in [-0.2, 0) is 7.05 Å². The number of imidazole rings is 2. The average molecular weight is 459 g/mol. The van der Waals surface area contributed by atoms with Crippen molar-refractivity contribution in [3.63, 3.8) is 0 Å².